The Bertz CT molecular complexity index is 445. The summed E-state index contributed by atoms with van der Waals surface area (Å²) in [5.41, 5.74) is 0. The minimum Gasteiger partial charge on any atom is -0.480 e. The zero-order chi connectivity index (χ0) is 14.4. The van der Waals surface area contributed by atoms with Gasteiger partial charge in [-0.2, -0.15) is 5.10 Å². The van der Waals surface area contributed by atoms with Gasteiger partial charge in [-0.3, -0.25) is 9.89 Å². The van der Waals surface area contributed by atoms with Crippen molar-refractivity contribution in [3.8, 4) is 0 Å². The van der Waals surface area contributed by atoms with Gasteiger partial charge in [-0.15, -0.1) is 0 Å². The first-order chi connectivity index (χ1) is 8.93. The second kappa shape index (κ2) is 6.72. The summed E-state index contributed by atoms with van der Waals surface area (Å²) in [6.45, 7) is 4.00. The van der Waals surface area contributed by atoms with Gasteiger partial charge >= 0.3 is 12.0 Å². The predicted molar refractivity (Wildman–Crippen MR) is 67.5 cm³/mol. The minimum absolute atomic E-state index is 0.239. The van der Waals surface area contributed by atoms with Crippen LogP contribution in [0.25, 0.3) is 0 Å². The number of urea groups is 1. The molecule has 0 fully saturated rings. The Balaban J connectivity index is 2.64. The van der Waals surface area contributed by atoms with Crippen LogP contribution in [-0.2, 0) is 11.3 Å². The van der Waals surface area contributed by atoms with Gasteiger partial charge in [0.05, 0.1) is 6.54 Å². The Labute approximate surface area is 111 Å². The number of aryl methyl sites for hydroxylation is 1. The normalized spacial score (nSPS) is 10.3. The number of hydrogen-bond donors (Lipinski definition) is 2. The zero-order valence-corrected chi connectivity index (χ0v) is 11.4. The number of H-pyrrole nitrogens is 1. The molecule has 0 saturated carbocycles. The minimum atomic E-state index is -1.02. The lowest BCUT2D eigenvalue weighted by Gasteiger charge is -2.25. The first-order valence-electron chi connectivity index (χ1n) is 6.03. The van der Waals surface area contributed by atoms with Crippen LogP contribution in [0.2, 0.25) is 0 Å². The fourth-order valence-electron chi connectivity index (χ4n) is 1.66. The second-order valence-electron chi connectivity index (χ2n) is 4.29. The van der Waals surface area contributed by atoms with E-state index in [4.69, 9.17) is 5.11 Å². The number of aromatic nitrogens is 3. The highest BCUT2D eigenvalue weighted by Crippen LogP contribution is 2.03. The molecule has 0 saturated heterocycles. The molecule has 0 aliphatic rings. The average Bonchev–Trinajstić information content (AvgIpc) is 2.72. The Morgan fingerprint density at radius 1 is 1.42 bits per heavy atom. The van der Waals surface area contributed by atoms with Crippen molar-refractivity contribution in [2.75, 3.05) is 20.1 Å². The lowest BCUT2D eigenvalue weighted by atomic mass is 10.4. The van der Waals surface area contributed by atoms with Crippen molar-refractivity contribution in [2.24, 2.45) is 0 Å². The Morgan fingerprint density at radius 2 is 2.11 bits per heavy atom. The molecular formula is C11H19N5O3. The number of aliphatic carboxylic acids is 1. The molecule has 1 heterocycles. The number of aromatic amines is 1. The monoisotopic (exact) mass is 269 g/mol. The second-order valence-corrected chi connectivity index (χ2v) is 4.29. The Morgan fingerprint density at radius 3 is 2.58 bits per heavy atom. The SMILES string of the molecule is CCCN(CC(=O)O)C(=O)N(C)Cc1n[nH]c(C)n1. The molecule has 19 heavy (non-hydrogen) atoms. The molecule has 0 atom stereocenters. The molecule has 0 aliphatic carbocycles. The summed E-state index contributed by atoms with van der Waals surface area (Å²) in [5.74, 6) is 0.149. The summed E-state index contributed by atoms with van der Waals surface area (Å²) < 4.78 is 0. The molecule has 0 spiro atoms. The van der Waals surface area contributed by atoms with E-state index in [-0.39, 0.29) is 19.1 Å². The predicted octanol–water partition coefficient (Wildman–Crippen LogP) is 0.462. The highest BCUT2D eigenvalue weighted by molar-refractivity contribution is 5.79. The van der Waals surface area contributed by atoms with Crippen molar-refractivity contribution in [3.63, 3.8) is 0 Å². The maximum absolute atomic E-state index is 12.1. The highest BCUT2D eigenvalue weighted by atomic mass is 16.4. The number of hydrogen-bond acceptors (Lipinski definition) is 4. The topological polar surface area (TPSA) is 102 Å². The molecule has 8 nitrogen and oxygen atoms in total. The summed E-state index contributed by atoms with van der Waals surface area (Å²) in [4.78, 5) is 29.6. The maximum Gasteiger partial charge on any atom is 0.323 e. The van der Waals surface area contributed by atoms with Crippen molar-refractivity contribution in [1.29, 1.82) is 0 Å². The molecule has 1 aromatic rings. The fraction of sp³-hybridized carbons (Fsp3) is 0.636. The number of nitrogens with zero attached hydrogens (tertiary/aromatic N) is 4. The summed E-state index contributed by atoms with van der Waals surface area (Å²) in [6.07, 6.45) is 0.701. The largest absolute Gasteiger partial charge is 0.480 e. The highest BCUT2D eigenvalue weighted by Gasteiger charge is 2.20. The van der Waals surface area contributed by atoms with E-state index in [2.05, 4.69) is 15.2 Å². The van der Waals surface area contributed by atoms with Crippen molar-refractivity contribution < 1.29 is 14.7 Å². The van der Waals surface area contributed by atoms with Crippen LogP contribution in [0.5, 0.6) is 0 Å². The standard InChI is InChI=1S/C11H19N5O3/c1-4-5-16(7-10(17)18)11(19)15(3)6-9-12-8(2)13-14-9/h4-7H2,1-3H3,(H,17,18)(H,12,13,14). The number of carbonyl (C=O) groups is 2. The van der Waals surface area contributed by atoms with E-state index >= 15 is 0 Å². The maximum atomic E-state index is 12.1. The number of carboxylic acids is 1. The third kappa shape index (κ3) is 4.57. The van der Waals surface area contributed by atoms with Crippen molar-refractivity contribution in [3.05, 3.63) is 11.6 Å². The quantitative estimate of drug-likeness (QED) is 0.781. The van der Waals surface area contributed by atoms with Gasteiger partial charge < -0.3 is 14.9 Å². The van der Waals surface area contributed by atoms with Gasteiger partial charge in [-0.05, 0) is 13.3 Å². The van der Waals surface area contributed by atoms with E-state index in [0.29, 0.717) is 24.6 Å². The molecule has 0 unspecified atom stereocenters. The van der Waals surface area contributed by atoms with Crippen LogP contribution in [0.1, 0.15) is 25.0 Å². The van der Waals surface area contributed by atoms with E-state index < -0.39 is 5.97 Å². The lowest BCUT2D eigenvalue weighted by Crippen LogP contribution is -2.43. The van der Waals surface area contributed by atoms with E-state index in [1.807, 2.05) is 6.92 Å². The average molecular weight is 269 g/mol. The number of amides is 2. The molecule has 0 radical (unpaired) electrons. The Kier molecular flexibility index (Phi) is 5.28. The van der Waals surface area contributed by atoms with Crippen LogP contribution in [0.3, 0.4) is 0 Å². The van der Waals surface area contributed by atoms with E-state index in [9.17, 15) is 9.59 Å². The smallest absolute Gasteiger partial charge is 0.323 e. The fourth-order valence-corrected chi connectivity index (χ4v) is 1.66. The van der Waals surface area contributed by atoms with E-state index in [1.54, 1.807) is 14.0 Å². The molecule has 1 rings (SSSR count). The van der Waals surface area contributed by atoms with Crippen molar-refractivity contribution in [2.45, 2.75) is 26.8 Å². The zero-order valence-electron chi connectivity index (χ0n) is 11.4. The van der Waals surface area contributed by atoms with Gasteiger partial charge in [0, 0.05) is 13.6 Å². The van der Waals surface area contributed by atoms with Gasteiger partial charge in [0.1, 0.15) is 12.4 Å². The van der Waals surface area contributed by atoms with Crippen LogP contribution >= 0.6 is 0 Å². The lowest BCUT2D eigenvalue weighted by molar-refractivity contribution is -0.137. The van der Waals surface area contributed by atoms with Crippen LogP contribution in [0.15, 0.2) is 0 Å². The first kappa shape index (κ1) is 14.9. The van der Waals surface area contributed by atoms with Crippen LogP contribution in [0, 0.1) is 6.92 Å². The number of rotatable bonds is 6. The van der Waals surface area contributed by atoms with Crippen molar-refractivity contribution in [1.82, 2.24) is 25.0 Å². The van der Waals surface area contributed by atoms with Gasteiger partial charge in [0.15, 0.2) is 5.82 Å². The number of carbonyl (C=O) groups excluding carboxylic acids is 1. The van der Waals surface area contributed by atoms with E-state index in [0.717, 1.165) is 0 Å². The molecule has 106 valence electrons. The van der Waals surface area contributed by atoms with Gasteiger partial charge in [0.2, 0.25) is 0 Å². The molecule has 8 heteroatoms. The molecule has 0 aliphatic heterocycles. The van der Waals surface area contributed by atoms with Gasteiger partial charge in [0.25, 0.3) is 0 Å². The summed E-state index contributed by atoms with van der Waals surface area (Å²) in [7, 11) is 1.60. The molecule has 0 bridgehead atoms. The summed E-state index contributed by atoms with van der Waals surface area (Å²) in [6, 6.07) is -0.341. The third-order valence-electron chi connectivity index (χ3n) is 2.44. The van der Waals surface area contributed by atoms with Gasteiger partial charge in [-0.1, -0.05) is 6.92 Å². The molecule has 2 amide bonds. The molecule has 1 aromatic heterocycles. The van der Waals surface area contributed by atoms with Crippen LogP contribution in [0.4, 0.5) is 4.79 Å². The van der Waals surface area contributed by atoms with Crippen LogP contribution in [-0.4, -0.2) is 62.2 Å². The summed E-state index contributed by atoms with van der Waals surface area (Å²) >= 11 is 0. The third-order valence-corrected chi connectivity index (χ3v) is 2.44. The molecular weight excluding hydrogens is 250 g/mol. The van der Waals surface area contributed by atoms with Crippen LogP contribution < -0.4 is 0 Å². The molecule has 0 aromatic carbocycles. The first-order valence-corrected chi connectivity index (χ1v) is 6.03. The summed E-state index contributed by atoms with van der Waals surface area (Å²) in [5, 5.41) is 15.4. The van der Waals surface area contributed by atoms with Crippen molar-refractivity contribution >= 4 is 12.0 Å². The molecule has 2 N–H and O–H groups in total. The number of nitrogens with one attached hydrogen (secondary N) is 1. The Hall–Kier alpha value is -2.12. The number of carboxylic acid groups (broad SMARTS) is 1. The van der Waals surface area contributed by atoms with Gasteiger partial charge in [-0.25, -0.2) is 9.78 Å². The van der Waals surface area contributed by atoms with E-state index in [1.165, 1.54) is 9.80 Å².